The Balaban J connectivity index is 1.12. The molecule has 5 rings (SSSR count). The number of aryl methyl sites for hydroxylation is 2. The topological polar surface area (TPSA) is 56.7 Å². The number of nitrogens with zero attached hydrogens (tertiary/aromatic N) is 3. The van der Waals surface area contributed by atoms with Gasteiger partial charge in [-0.05, 0) is 100 Å². The van der Waals surface area contributed by atoms with Crippen LogP contribution in [-0.4, -0.2) is 58.1 Å². The van der Waals surface area contributed by atoms with Gasteiger partial charge in [-0.3, -0.25) is 14.7 Å². The first-order chi connectivity index (χ1) is 16.6. The Morgan fingerprint density at radius 1 is 1.00 bits per heavy atom. The van der Waals surface area contributed by atoms with Crippen LogP contribution in [0, 0.1) is 5.92 Å². The van der Waals surface area contributed by atoms with Gasteiger partial charge in [0, 0.05) is 35.5 Å². The van der Waals surface area contributed by atoms with Crippen molar-refractivity contribution >= 4 is 17.6 Å². The summed E-state index contributed by atoms with van der Waals surface area (Å²) in [5.41, 5.74) is 4.80. The van der Waals surface area contributed by atoms with E-state index in [0.717, 1.165) is 57.8 Å². The first-order valence-electron chi connectivity index (χ1n) is 13.0. The van der Waals surface area contributed by atoms with Crippen molar-refractivity contribution in [3.63, 3.8) is 0 Å². The molecule has 1 aromatic carbocycles. The summed E-state index contributed by atoms with van der Waals surface area (Å²) >= 11 is 6.34. The van der Waals surface area contributed by atoms with Crippen molar-refractivity contribution in [1.82, 2.24) is 14.8 Å². The van der Waals surface area contributed by atoms with E-state index in [2.05, 4.69) is 21.9 Å². The van der Waals surface area contributed by atoms with Crippen molar-refractivity contribution in [2.75, 3.05) is 26.2 Å². The smallest absolute Gasteiger partial charge is 0.325 e. The van der Waals surface area contributed by atoms with Gasteiger partial charge in [-0.2, -0.15) is 0 Å². The Morgan fingerprint density at radius 3 is 2.47 bits per heavy atom. The average Bonchev–Trinajstić information content (AvgIpc) is 2.86. The average molecular weight is 482 g/mol. The van der Waals surface area contributed by atoms with Gasteiger partial charge in [-0.1, -0.05) is 35.9 Å². The van der Waals surface area contributed by atoms with E-state index < -0.39 is 12.0 Å². The molecule has 0 spiro atoms. The van der Waals surface area contributed by atoms with Crippen LogP contribution < -0.4 is 0 Å². The van der Waals surface area contributed by atoms with Gasteiger partial charge in [0.05, 0.1) is 0 Å². The van der Waals surface area contributed by atoms with Crippen molar-refractivity contribution in [2.24, 2.45) is 5.92 Å². The van der Waals surface area contributed by atoms with Gasteiger partial charge in [-0.15, -0.1) is 0 Å². The third kappa shape index (κ3) is 5.32. The third-order valence-corrected chi connectivity index (χ3v) is 8.54. The monoisotopic (exact) mass is 481 g/mol. The largest absolute Gasteiger partial charge is 0.480 e. The van der Waals surface area contributed by atoms with Gasteiger partial charge in [-0.25, -0.2) is 0 Å². The van der Waals surface area contributed by atoms with E-state index >= 15 is 0 Å². The maximum Gasteiger partial charge on any atom is 0.325 e. The number of fused-ring (bicyclic) bond motifs is 1. The lowest BCUT2D eigenvalue weighted by Crippen LogP contribution is -2.49. The quantitative estimate of drug-likeness (QED) is 0.617. The zero-order valence-electron chi connectivity index (χ0n) is 20.0. The number of hydrogen-bond acceptors (Lipinski definition) is 4. The molecule has 2 saturated heterocycles. The maximum atomic E-state index is 12.1. The van der Waals surface area contributed by atoms with E-state index in [0.29, 0.717) is 16.6 Å². The fourth-order valence-corrected chi connectivity index (χ4v) is 6.49. The van der Waals surface area contributed by atoms with Crippen LogP contribution in [0.3, 0.4) is 0 Å². The van der Waals surface area contributed by atoms with Gasteiger partial charge in [0.2, 0.25) is 0 Å². The lowest BCUT2D eigenvalue weighted by atomic mass is 9.89. The van der Waals surface area contributed by atoms with Crippen LogP contribution in [-0.2, 0) is 24.1 Å². The number of halogens is 1. The van der Waals surface area contributed by atoms with E-state index in [1.165, 1.54) is 49.1 Å². The molecular weight excluding hydrogens is 446 g/mol. The van der Waals surface area contributed by atoms with E-state index in [-0.39, 0.29) is 0 Å². The number of aromatic nitrogens is 1. The van der Waals surface area contributed by atoms with Crippen LogP contribution in [0.25, 0.3) is 0 Å². The van der Waals surface area contributed by atoms with Crippen LogP contribution in [0.2, 0.25) is 5.02 Å². The first kappa shape index (κ1) is 23.8. The lowest BCUT2D eigenvalue weighted by molar-refractivity contribution is -0.144. The molecule has 2 aromatic rings. The highest BCUT2D eigenvalue weighted by molar-refractivity contribution is 6.31. The van der Waals surface area contributed by atoms with Crippen molar-refractivity contribution < 1.29 is 9.90 Å². The van der Waals surface area contributed by atoms with Gasteiger partial charge < -0.3 is 10.0 Å². The van der Waals surface area contributed by atoms with Gasteiger partial charge in [0.25, 0.3) is 0 Å². The normalized spacial score (nSPS) is 21.8. The second kappa shape index (κ2) is 10.8. The van der Waals surface area contributed by atoms with E-state index in [9.17, 15) is 9.90 Å². The number of likely N-dealkylation sites (tertiary alicyclic amines) is 2. The molecule has 0 radical (unpaired) electrons. The summed E-state index contributed by atoms with van der Waals surface area (Å²) in [5, 5.41) is 10.5. The minimum absolute atomic E-state index is 0.535. The SMILES string of the molecule is O=C(O)[C@@H](c1ccccc1Cl)N1CCC(N2CCC(Cc3ccc4c(n3)CCCC4)CC2)CC1. The van der Waals surface area contributed by atoms with Crippen molar-refractivity contribution in [1.29, 1.82) is 0 Å². The second-order valence-electron chi connectivity index (χ2n) is 10.3. The summed E-state index contributed by atoms with van der Waals surface area (Å²) in [6.07, 6.45) is 10.6. The number of hydrogen-bond donors (Lipinski definition) is 1. The molecule has 6 heteroatoms. The predicted octanol–water partition coefficient (Wildman–Crippen LogP) is 5.16. The van der Waals surface area contributed by atoms with Gasteiger partial charge in [0.15, 0.2) is 0 Å². The van der Waals surface area contributed by atoms with E-state index in [1.54, 1.807) is 6.07 Å². The number of carbonyl (C=O) groups is 1. The zero-order chi connectivity index (χ0) is 23.5. The number of piperidine rings is 2. The Bertz CT molecular complexity index is 997. The maximum absolute atomic E-state index is 12.1. The molecule has 1 atom stereocenters. The first-order valence-corrected chi connectivity index (χ1v) is 13.4. The molecule has 0 unspecified atom stereocenters. The highest BCUT2D eigenvalue weighted by atomic mass is 35.5. The summed E-state index contributed by atoms with van der Waals surface area (Å²) in [6.45, 7) is 3.89. The van der Waals surface area contributed by atoms with Crippen molar-refractivity contribution in [3.8, 4) is 0 Å². The van der Waals surface area contributed by atoms with Crippen LogP contribution >= 0.6 is 11.6 Å². The highest BCUT2D eigenvalue weighted by Gasteiger charge is 2.34. The van der Waals surface area contributed by atoms with Crippen molar-refractivity contribution in [3.05, 3.63) is 63.9 Å². The molecule has 2 fully saturated rings. The second-order valence-corrected chi connectivity index (χ2v) is 10.7. The van der Waals surface area contributed by atoms with Crippen LogP contribution in [0.1, 0.15) is 67.1 Å². The fourth-order valence-electron chi connectivity index (χ4n) is 6.25. The third-order valence-electron chi connectivity index (χ3n) is 8.20. The molecule has 1 aliphatic carbocycles. The number of pyridine rings is 1. The molecule has 5 nitrogen and oxygen atoms in total. The summed E-state index contributed by atoms with van der Waals surface area (Å²) in [5.74, 6) is -0.0924. The Hall–Kier alpha value is -1.95. The summed E-state index contributed by atoms with van der Waals surface area (Å²) < 4.78 is 0. The molecule has 1 aromatic heterocycles. The fraction of sp³-hybridized carbons (Fsp3) is 0.571. The van der Waals surface area contributed by atoms with Crippen molar-refractivity contribution in [2.45, 2.75) is 69.9 Å². The molecule has 1 N–H and O–H groups in total. The number of carboxylic acid groups (broad SMARTS) is 1. The summed E-state index contributed by atoms with van der Waals surface area (Å²) in [7, 11) is 0. The highest BCUT2D eigenvalue weighted by Crippen LogP contribution is 2.32. The zero-order valence-corrected chi connectivity index (χ0v) is 20.7. The predicted molar refractivity (Wildman–Crippen MR) is 135 cm³/mol. The molecule has 0 saturated carbocycles. The minimum Gasteiger partial charge on any atom is -0.480 e. The molecular formula is C28H36ClN3O2. The molecule has 34 heavy (non-hydrogen) atoms. The summed E-state index contributed by atoms with van der Waals surface area (Å²) in [4.78, 5) is 21.8. The Labute approximate surface area is 208 Å². The summed E-state index contributed by atoms with van der Waals surface area (Å²) in [6, 6.07) is 11.8. The van der Waals surface area contributed by atoms with E-state index in [1.807, 2.05) is 18.2 Å². The number of aliphatic carboxylic acids is 1. The molecule has 0 bridgehead atoms. The number of carboxylic acids is 1. The van der Waals surface area contributed by atoms with Gasteiger partial charge >= 0.3 is 5.97 Å². The van der Waals surface area contributed by atoms with Gasteiger partial charge in [0.1, 0.15) is 6.04 Å². The standard InChI is InChI=1S/C28H36ClN3O2/c29-25-7-3-2-6-24(25)27(28(33)34)32-17-13-23(14-18-32)31-15-11-20(12-16-31)19-22-10-9-21-5-1-4-8-26(21)30-22/h2-3,6-7,9-10,20,23,27H,1,4-5,8,11-19H2,(H,33,34)/t27-/m1/s1. The molecule has 3 heterocycles. The van der Waals surface area contributed by atoms with Crippen LogP contribution in [0.5, 0.6) is 0 Å². The van der Waals surface area contributed by atoms with E-state index in [4.69, 9.17) is 16.6 Å². The molecule has 3 aliphatic rings. The molecule has 2 aliphatic heterocycles. The van der Waals surface area contributed by atoms with Crippen LogP contribution in [0.4, 0.5) is 0 Å². The Kier molecular flexibility index (Phi) is 7.52. The number of rotatable bonds is 6. The number of benzene rings is 1. The lowest BCUT2D eigenvalue weighted by Gasteiger charge is -2.43. The van der Waals surface area contributed by atoms with Crippen LogP contribution in [0.15, 0.2) is 36.4 Å². The minimum atomic E-state index is -0.817. The molecule has 0 amide bonds. The Morgan fingerprint density at radius 2 is 1.74 bits per heavy atom. The molecule has 182 valence electrons.